The molecule has 3 unspecified atom stereocenters. The highest BCUT2D eigenvalue weighted by Gasteiger charge is 2.42. The topological polar surface area (TPSA) is 21.3 Å². The second-order valence-corrected chi connectivity index (χ2v) is 6.30. The Morgan fingerprint density at radius 1 is 1.18 bits per heavy atom. The van der Waals surface area contributed by atoms with Gasteiger partial charge in [0.15, 0.2) is 0 Å². The minimum absolute atomic E-state index is 0.299. The molecule has 3 atom stereocenters. The highest BCUT2D eigenvalue weighted by molar-refractivity contribution is 7.80. The van der Waals surface area contributed by atoms with Crippen molar-refractivity contribution in [3.05, 3.63) is 53.8 Å². The van der Waals surface area contributed by atoms with E-state index in [9.17, 15) is 8.78 Å². The van der Waals surface area contributed by atoms with Gasteiger partial charge in [-0.05, 0) is 37.6 Å². The zero-order valence-corrected chi connectivity index (χ0v) is 13.0. The van der Waals surface area contributed by atoms with Gasteiger partial charge in [-0.3, -0.25) is 0 Å². The van der Waals surface area contributed by atoms with Crippen LogP contribution in [0.25, 0.3) is 0 Å². The van der Waals surface area contributed by atoms with Gasteiger partial charge in [-0.1, -0.05) is 12.2 Å². The molecule has 1 aliphatic carbocycles. The van der Waals surface area contributed by atoms with Crippen LogP contribution in [0.3, 0.4) is 0 Å². The average molecular weight is 323 g/mol. The van der Waals surface area contributed by atoms with Crippen LogP contribution in [0.1, 0.15) is 12.8 Å². The molecule has 0 radical (unpaired) electrons. The van der Waals surface area contributed by atoms with Crippen LogP contribution < -0.4 is 5.32 Å². The largest absolute Gasteiger partial charge is 0.493 e. The maximum absolute atomic E-state index is 12.1. The van der Waals surface area contributed by atoms with E-state index >= 15 is 0 Å². The van der Waals surface area contributed by atoms with E-state index in [1.54, 1.807) is 0 Å². The first-order valence-corrected chi connectivity index (χ1v) is 7.97. The third-order valence-electron chi connectivity index (χ3n) is 4.28. The number of halogens is 2. The van der Waals surface area contributed by atoms with Gasteiger partial charge in [-0.25, -0.2) is 8.78 Å². The van der Waals surface area contributed by atoms with Crippen LogP contribution in [0, 0.1) is 23.5 Å². The predicted molar refractivity (Wildman–Crippen MR) is 84.8 cm³/mol. The standard InChI is InChI=1S/C11H15NO.C6H4F2S/c1-2-4-10-8(3-1)9-5-6-12-7-11(9)13-10;7-4-1-5(8)3-6(9)2-4/h1-2,4,8-9,11-12H,3,5-7H2;1-3,9H. The molecule has 1 aromatic rings. The van der Waals surface area contributed by atoms with Gasteiger partial charge < -0.3 is 10.1 Å². The molecule has 118 valence electrons. The number of hydrogen-bond donors (Lipinski definition) is 2. The molecule has 2 aliphatic heterocycles. The van der Waals surface area contributed by atoms with Crippen molar-refractivity contribution in [3.8, 4) is 0 Å². The van der Waals surface area contributed by atoms with Gasteiger partial charge in [0.1, 0.15) is 23.5 Å². The number of nitrogens with one attached hydrogen (secondary N) is 1. The maximum atomic E-state index is 12.1. The molecule has 0 amide bonds. The van der Waals surface area contributed by atoms with Crippen molar-refractivity contribution in [2.45, 2.75) is 23.8 Å². The van der Waals surface area contributed by atoms with E-state index in [0.29, 0.717) is 16.9 Å². The van der Waals surface area contributed by atoms with E-state index in [1.807, 2.05) is 0 Å². The molecule has 2 heterocycles. The van der Waals surface area contributed by atoms with Gasteiger partial charge in [0.05, 0.1) is 0 Å². The van der Waals surface area contributed by atoms with Gasteiger partial charge in [0.25, 0.3) is 0 Å². The van der Waals surface area contributed by atoms with Crippen molar-refractivity contribution < 1.29 is 13.5 Å². The lowest BCUT2D eigenvalue weighted by Gasteiger charge is -2.26. The number of allylic oxidation sites excluding steroid dienone is 4. The van der Waals surface area contributed by atoms with Crippen molar-refractivity contribution in [1.82, 2.24) is 5.32 Å². The summed E-state index contributed by atoms with van der Waals surface area (Å²) in [6, 6.07) is 3.10. The van der Waals surface area contributed by atoms with Crippen LogP contribution in [-0.2, 0) is 4.74 Å². The summed E-state index contributed by atoms with van der Waals surface area (Å²) in [6.07, 6.45) is 9.45. The Morgan fingerprint density at radius 3 is 2.68 bits per heavy atom. The van der Waals surface area contributed by atoms with Gasteiger partial charge in [-0.2, -0.15) is 0 Å². The monoisotopic (exact) mass is 323 g/mol. The molecular formula is C17H19F2NOS. The molecule has 3 aliphatic rings. The van der Waals surface area contributed by atoms with Crippen molar-refractivity contribution in [2.75, 3.05) is 13.1 Å². The molecule has 0 saturated carbocycles. The minimum Gasteiger partial charge on any atom is -0.493 e. The number of fused-ring (bicyclic) bond motifs is 3. The summed E-state index contributed by atoms with van der Waals surface area (Å²) in [6.45, 7) is 2.20. The van der Waals surface area contributed by atoms with Crippen LogP contribution in [0.5, 0.6) is 0 Å². The number of piperidine rings is 1. The number of ether oxygens (including phenoxy) is 1. The van der Waals surface area contributed by atoms with Gasteiger partial charge >= 0.3 is 0 Å². The van der Waals surface area contributed by atoms with Crippen molar-refractivity contribution in [2.24, 2.45) is 11.8 Å². The van der Waals surface area contributed by atoms with Crippen LogP contribution in [-0.4, -0.2) is 19.2 Å². The Bertz CT molecular complexity index is 552. The van der Waals surface area contributed by atoms with Gasteiger partial charge in [-0.15, -0.1) is 12.6 Å². The molecule has 0 bridgehead atoms. The molecule has 2 fully saturated rings. The Hall–Kier alpha value is -1.33. The third-order valence-corrected chi connectivity index (χ3v) is 4.54. The zero-order valence-electron chi connectivity index (χ0n) is 12.1. The summed E-state index contributed by atoms with van der Waals surface area (Å²) < 4.78 is 30.2. The fourth-order valence-electron chi connectivity index (χ4n) is 3.29. The quantitative estimate of drug-likeness (QED) is 0.710. The molecule has 4 rings (SSSR count). The van der Waals surface area contributed by atoms with Crippen LogP contribution in [0.15, 0.2) is 47.1 Å². The molecule has 1 N–H and O–H groups in total. The lowest BCUT2D eigenvalue weighted by Crippen LogP contribution is -2.39. The second kappa shape index (κ2) is 6.84. The molecule has 0 aromatic heterocycles. The highest BCUT2D eigenvalue weighted by atomic mass is 32.1. The van der Waals surface area contributed by atoms with Gasteiger partial charge in [0, 0.05) is 29.3 Å². The van der Waals surface area contributed by atoms with Crippen LogP contribution in [0.4, 0.5) is 8.78 Å². The summed E-state index contributed by atoms with van der Waals surface area (Å²) >= 11 is 3.74. The first-order chi connectivity index (χ1) is 10.6. The normalized spacial score (nSPS) is 28.7. The lowest BCUT2D eigenvalue weighted by molar-refractivity contribution is 0.108. The molecule has 2 saturated heterocycles. The Kier molecular flexibility index (Phi) is 4.84. The van der Waals surface area contributed by atoms with E-state index in [2.05, 4.69) is 36.2 Å². The SMILES string of the molecule is C1=CCC2C(=C1)OC1CNCCC12.Fc1cc(F)cc(S)c1. The summed E-state index contributed by atoms with van der Waals surface area (Å²) in [5.74, 6) is 1.51. The number of thiol groups is 1. The molecule has 22 heavy (non-hydrogen) atoms. The van der Waals surface area contributed by atoms with Crippen LogP contribution in [0.2, 0.25) is 0 Å². The summed E-state index contributed by atoms with van der Waals surface area (Å²) in [7, 11) is 0. The van der Waals surface area contributed by atoms with Crippen molar-refractivity contribution in [1.29, 1.82) is 0 Å². The maximum Gasteiger partial charge on any atom is 0.127 e. The molecular weight excluding hydrogens is 304 g/mol. The second-order valence-electron chi connectivity index (χ2n) is 5.78. The predicted octanol–water partition coefficient (Wildman–Crippen LogP) is 3.71. The van der Waals surface area contributed by atoms with E-state index in [-0.39, 0.29) is 0 Å². The first-order valence-electron chi connectivity index (χ1n) is 7.52. The molecule has 1 aromatic carbocycles. The van der Waals surface area contributed by atoms with E-state index in [0.717, 1.165) is 37.2 Å². The zero-order chi connectivity index (χ0) is 15.5. The van der Waals surface area contributed by atoms with E-state index in [4.69, 9.17) is 4.74 Å². The van der Waals surface area contributed by atoms with Gasteiger partial charge in [0.2, 0.25) is 0 Å². The van der Waals surface area contributed by atoms with Crippen molar-refractivity contribution >= 4 is 12.6 Å². The fraction of sp³-hybridized carbons (Fsp3) is 0.412. The van der Waals surface area contributed by atoms with Crippen LogP contribution >= 0.6 is 12.6 Å². The third kappa shape index (κ3) is 3.52. The fourth-order valence-corrected chi connectivity index (χ4v) is 3.54. The number of rotatable bonds is 0. The highest BCUT2D eigenvalue weighted by Crippen LogP contribution is 2.42. The lowest BCUT2D eigenvalue weighted by atomic mass is 9.81. The number of hydrogen-bond acceptors (Lipinski definition) is 3. The first kappa shape index (κ1) is 15.6. The minimum atomic E-state index is -0.597. The molecule has 0 spiro atoms. The number of benzene rings is 1. The van der Waals surface area contributed by atoms with Crippen molar-refractivity contribution in [3.63, 3.8) is 0 Å². The summed E-state index contributed by atoms with van der Waals surface area (Å²) in [5, 5.41) is 3.39. The Balaban J connectivity index is 0.000000142. The smallest absolute Gasteiger partial charge is 0.127 e. The summed E-state index contributed by atoms with van der Waals surface area (Å²) in [4.78, 5) is 0.299. The van der Waals surface area contributed by atoms with E-state index < -0.39 is 11.6 Å². The molecule has 2 nitrogen and oxygen atoms in total. The van der Waals surface area contributed by atoms with E-state index in [1.165, 1.54) is 18.6 Å². The summed E-state index contributed by atoms with van der Waals surface area (Å²) in [5.41, 5.74) is 0. The molecule has 5 heteroatoms. The Labute approximate surface area is 134 Å². The average Bonchev–Trinajstić information content (AvgIpc) is 2.85. The Morgan fingerprint density at radius 2 is 1.95 bits per heavy atom.